The summed E-state index contributed by atoms with van der Waals surface area (Å²) in [5.41, 5.74) is 0.740. The van der Waals surface area contributed by atoms with Crippen LogP contribution in [0.25, 0.3) is 0 Å². The molecule has 11 heteroatoms. The van der Waals surface area contributed by atoms with E-state index in [4.69, 9.17) is 0 Å². The van der Waals surface area contributed by atoms with Crippen LogP contribution in [0.5, 0.6) is 5.75 Å². The monoisotopic (exact) mass is 486 g/mol. The summed E-state index contributed by atoms with van der Waals surface area (Å²) in [5.74, 6) is -1.39. The average Bonchev–Trinajstić information content (AvgIpc) is 2.82. The van der Waals surface area contributed by atoms with E-state index in [1.807, 2.05) is 6.92 Å². The van der Waals surface area contributed by atoms with Crippen molar-refractivity contribution in [2.75, 3.05) is 6.54 Å². The number of amides is 1. The standard InChI is InChI=1S/C23H23FN4O5S/c1-15-2-8-18(9-3-15)34(32,33)27-10-11-28-20(14-27)26-19(22(30)23(28)31)12-21(29)25-13-16-4-6-17(24)7-5-16/h2-9,30H,10-14H2,1H3,(H,25,29). The van der Waals surface area contributed by atoms with E-state index in [2.05, 4.69) is 10.3 Å². The van der Waals surface area contributed by atoms with Gasteiger partial charge in [0.1, 0.15) is 11.6 Å². The molecule has 9 nitrogen and oxygen atoms in total. The minimum Gasteiger partial charge on any atom is -0.502 e. The second kappa shape index (κ2) is 9.35. The molecule has 0 atom stereocenters. The molecule has 1 aromatic heterocycles. The van der Waals surface area contributed by atoms with Gasteiger partial charge in [0, 0.05) is 19.6 Å². The Hall–Kier alpha value is -3.57. The lowest BCUT2D eigenvalue weighted by molar-refractivity contribution is -0.120. The summed E-state index contributed by atoms with van der Waals surface area (Å²) in [7, 11) is -3.81. The first kappa shape index (κ1) is 23.6. The first-order valence-electron chi connectivity index (χ1n) is 10.5. The number of nitrogens with one attached hydrogen (secondary N) is 1. The smallest absolute Gasteiger partial charge is 0.296 e. The van der Waals surface area contributed by atoms with Crippen LogP contribution in [0.4, 0.5) is 4.39 Å². The van der Waals surface area contributed by atoms with Gasteiger partial charge < -0.3 is 10.4 Å². The highest BCUT2D eigenvalue weighted by atomic mass is 32.2. The van der Waals surface area contributed by atoms with Gasteiger partial charge in [-0.1, -0.05) is 29.8 Å². The molecule has 2 aromatic carbocycles. The van der Waals surface area contributed by atoms with Crippen molar-refractivity contribution in [3.63, 3.8) is 0 Å². The third-order valence-corrected chi connectivity index (χ3v) is 7.44. The highest BCUT2D eigenvalue weighted by molar-refractivity contribution is 7.89. The van der Waals surface area contributed by atoms with Gasteiger partial charge in [0.15, 0.2) is 0 Å². The van der Waals surface area contributed by atoms with Gasteiger partial charge >= 0.3 is 0 Å². The highest BCUT2D eigenvalue weighted by Gasteiger charge is 2.31. The molecule has 0 spiro atoms. The van der Waals surface area contributed by atoms with Crippen molar-refractivity contribution in [1.29, 1.82) is 0 Å². The molecule has 2 N–H and O–H groups in total. The maximum absolute atomic E-state index is 13.0. The third kappa shape index (κ3) is 4.85. The molecule has 1 aliphatic rings. The number of fused-ring (bicyclic) bond motifs is 1. The first-order chi connectivity index (χ1) is 16.1. The normalized spacial score (nSPS) is 13.9. The number of hydrogen-bond acceptors (Lipinski definition) is 6. The van der Waals surface area contributed by atoms with Crippen LogP contribution in [-0.4, -0.2) is 39.8 Å². The van der Waals surface area contributed by atoms with E-state index in [-0.39, 0.29) is 49.0 Å². The summed E-state index contributed by atoms with van der Waals surface area (Å²) in [6.07, 6.45) is -0.374. The molecule has 1 aliphatic heterocycles. The fourth-order valence-corrected chi connectivity index (χ4v) is 5.03. The van der Waals surface area contributed by atoms with Gasteiger partial charge in [-0.25, -0.2) is 17.8 Å². The Bertz CT molecular complexity index is 1390. The van der Waals surface area contributed by atoms with E-state index in [0.717, 1.165) is 5.56 Å². The van der Waals surface area contributed by atoms with Crippen LogP contribution in [0.1, 0.15) is 22.6 Å². The maximum Gasteiger partial charge on any atom is 0.296 e. The number of nitrogens with zero attached hydrogens (tertiary/aromatic N) is 3. The van der Waals surface area contributed by atoms with E-state index < -0.39 is 33.1 Å². The van der Waals surface area contributed by atoms with Crippen LogP contribution in [0.2, 0.25) is 0 Å². The summed E-state index contributed by atoms with van der Waals surface area (Å²) in [6, 6.07) is 12.0. The number of rotatable bonds is 6. The van der Waals surface area contributed by atoms with E-state index in [9.17, 15) is 27.5 Å². The molecule has 4 rings (SSSR count). The number of aromatic hydroxyl groups is 1. The van der Waals surface area contributed by atoms with Crippen LogP contribution < -0.4 is 10.9 Å². The second-order valence-corrected chi connectivity index (χ2v) is 9.95. The van der Waals surface area contributed by atoms with E-state index in [1.54, 1.807) is 12.1 Å². The minimum absolute atomic E-state index is 0.0247. The molecule has 178 valence electrons. The van der Waals surface area contributed by atoms with Crippen LogP contribution in [-0.2, 0) is 40.9 Å². The van der Waals surface area contributed by atoms with Crippen LogP contribution in [0.3, 0.4) is 0 Å². The van der Waals surface area contributed by atoms with Gasteiger partial charge in [-0.2, -0.15) is 4.31 Å². The minimum atomic E-state index is -3.81. The van der Waals surface area contributed by atoms with Crippen molar-refractivity contribution >= 4 is 15.9 Å². The molecular formula is C23H23FN4O5S. The highest BCUT2D eigenvalue weighted by Crippen LogP contribution is 2.22. The van der Waals surface area contributed by atoms with E-state index >= 15 is 0 Å². The fraction of sp³-hybridized carbons (Fsp3) is 0.261. The molecule has 0 aliphatic carbocycles. The van der Waals surface area contributed by atoms with Gasteiger partial charge in [-0.15, -0.1) is 0 Å². The number of halogens is 1. The summed E-state index contributed by atoms with van der Waals surface area (Å²) in [6.45, 7) is 1.88. The first-order valence-corrected chi connectivity index (χ1v) is 12.0. The largest absolute Gasteiger partial charge is 0.502 e. The molecular weight excluding hydrogens is 463 g/mol. The summed E-state index contributed by atoms with van der Waals surface area (Å²) < 4.78 is 41.5. The Kier molecular flexibility index (Phi) is 6.49. The summed E-state index contributed by atoms with van der Waals surface area (Å²) in [4.78, 5) is 29.4. The lowest BCUT2D eigenvalue weighted by Crippen LogP contribution is -2.43. The average molecular weight is 487 g/mol. The van der Waals surface area contributed by atoms with Crippen molar-refractivity contribution in [2.24, 2.45) is 0 Å². The Morgan fingerprint density at radius 2 is 1.79 bits per heavy atom. The van der Waals surface area contributed by atoms with Gasteiger partial charge in [0.05, 0.1) is 23.6 Å². The number of sulfonamides is 1. The quantitative estimate of drug-likeness (QED) is 0.544. The van der Waals surface area contributed by atoms with Crippen molar-refractivity contribution in [2.45, 2.75) is 37.9 Å². The van der Waals surface area contributed by atoms with Crippen LogP contribution >= 0.6 is 0 Å². The zero-order chi connectivity index (χ0) is 24.5. The SMILES string of the molecule is Cc1ccc(S(=O)(=O)N2CCn3c(nc(CC(=O)NCc4ccc(F)cc4)c(O)c3=O)C2)cc1. The Morgan fingerprint density at radius 1 is 1.12 bits per heavy atom. The maximum atomic E-state index is 13.0. The predicted molar refractivity (Wildman–Crippen MR) is 121 cm³/mol. The Labute approximate surface area is 195 Å². The molecule has 0 radical (unpaired) electrons. The summed E-state index contributed by atoms with van der Waals surface area (Å²) >= 11 is 0. The zero-order valence-electron chi connectivity index (χ0n) is 18.4. The third-order valence-electron chi connectivity index (χ3n) is 5.58. The van der Waals surface area contributed by atoms with E-state index in [0.29, 0.717) is 5.56 Å². The lowest BCUT2D eigenvalue weighted by Gasteiger charge is -2.28. The molecule has 0 fully saturated rings. The summed E-state index contributed by atoms with van der Waals surface area (Å²) in [5, 5.41) is 12.9. The van der Waals surface area contributed by atoms with Gasteiger partial charge in [-0.3, -0.25) is 14.2 Å². The number of benzene rings is 2. The number of aryl methyl sites for hydroxylation is 1. The van der Waals surface area contributed by atoms with Crippen LogP contribution in [0.15, 0.2) is 58.2 Å². The molecule has 34 heavy (non-hydrogen) atoms. The molecule has 0 unspecified atom stereocenters. The van der Waals surface area contributed by atoms with Crippen molar-refractivity contribution in [1.82, 2.24) is 19.2 Å². The topological polar surface area (TPSA) is 122 Å². The number of aromatic nitrogens is 2. The number of carbonyl (C=O) groups excluding carboxylic acids is 1. The second-order valence-electron chi connectivity index (χ2n) is 8.01. The Morgan fingerprint density at radius 3 is 2.47 bits per heavy atom. The molecule has 1 amide bonds. The number of carbonyl (C=O) groups is 1. The molecule has 2 heterocycles. The molecule has 0 bridgehead atoms. The van der Waals surface area contributed by atoms with Crippen molar-refractivity contribution in [3.05, 3.63) is 87.3 Å². The molecule has 0 saturated heterocycles. The van der Waals surface area contributed by atoms with Gasteiger partial charge in [-0.05, 0) is 36.8 Å². The molecule has 0 saturated carbocycles. The van der Waals surface area contributed by atoms with Gasteiger partial charge in [0.2, 0.25) is 21.7 Å². The van der Waals surface area contributed by atoms with E-state index in [1.165, 1.54) is 45.3 Å². The lowest BCUT2D eigenvalue weighted by atomic mass is 10.2. The number of hydrogen-bond donors (Lipinski definition) is 2. The van der Waals surface area contributed by atoms with Crippen LogP contribution in [0, 0.1) is 12.7 Å². The van der Waals surface area contributed by atoms with Gasteiger partial charge in [0.25, 0.3) is 5.56 Å². The van der Waals surface area contributed by atoms with Crippen molar-refractivity contribution < 1.29 is 22.7 Å². The predicted octanol–water partition coefficient (Wildman–Crippen LogP) is 1.46. The fourth-order valence-electron chi connectivity index (χ4n) is 3.64. The zero-order valence-corrected chi connectivity index (χ0v) is 19.2. The Balaban J connectivity index is 1.52. The molecule has 3 aromatic rings. The van der Waals surface area contributed by atoms with Crippen molar-refractivity contribution in [3.8, 4) is 5.75 Å².